The van der Waals surface area contributed by atoms with Crippen LogP contribution in [0.25, 0.3) is 24.3 Å². The Kier molecular flexibility index (Phi) is 37.4. The van der Waals surface area contributed by atoms with E-state index in [9.17, 15) is 38.9 Å². The van der Waals surface area contributed by atoms with Crippen molar-refractivity contribution < 1.29 is 52.6 Å². The van der Waals surface area contributed by atoms with E-state index >= 15 is 0 Å². The maximum absolute atomic E-state index is 13.2. The zero-order chi connectivity index (χ0) is 79.9. The van der Waals surface area contributed by atoms with Crippen molar-refractivity contribution in [1.29, 1.82) is 0 Å². The third-order valence-electron chi connectivity index (χ3n) is 16.3. The summed E-state index contributed by atoms with van der Waals surface area (Å²) in [5.41, 5.74) is 18.7. The zero-order valence-electron chi connectivity index (χ0n) is 60.3. The summed E-state index contributed by atoms with van der Waals surface area (Å²) in [6.45, 7) is 7.55. The monoisotopic (exact) mass is 1670 g/mol. The summed E-state index contributed by atoms with van der Waals surface area (Å²) in [5.74, 6) is -0.910. The molecule has 8 aromatic rings. The van der Waals surface area contributed by atoms with E-state index in [1.54, 1.807) is 77.7 Å². The molecule has 2 unspecified atom stereocenters. The molecule has 11 rings (SSSR count). The molecule has 0 radical (unpaired) electrons. The average Bonchev–Trinajstić information content (AvgIpc) is 1.68. The zero-order valence-corrected chi connectivity index (χ0v) is 67.9. The number of ketones is 1. The van der Waals surface area contributed by atoms with Gasteiger partial charge in [0.15, 0.2) is 5.78 Å². The standard InChI is InChI=1S/C26H29Cl2NO4.C21H21Cl2NO2.C13H12O3.C8H5Cl2NO2.C8H9Cl2N.C7H4Cl2O/c1-26(2,3)33-25(31)29(12-11-18-14-20(27)16-21(28)15-18)23-9-7-19-13-17(5-8-22(19)23)6-10-24(30)32-4;1-26-21(25)7-3-14-2-5-19-16(10-14)4-6-20(19)24-9-8-15-11-17(22)13-18(23)12-15;1-16-13(15)7-3-9-2-5-11-10(8-9)4-6-12(11)14;9-7-3-6(1-2-11(12)13)4-8(10)5-7;9-7-3-6(1-2-11)4-8(10)5-7;8-6-1-5(4-10)2-7(9)3-6/h5-6,8,10,13-16,23H,7,9,11-12H2,1-4H3;2-3,5,7,10-13,20,24H,4,6,8-9H2,1H3;2-3,5,7-8H,4,6H2,1H3;1-5H;3-5H,1-2,11H2;1-4H/b10-6+;2*7-3+;2-1+;;. The van der Waals surface area contributed by atoms with Crippen LogP contribution in [0.4, 0.5) is 4.79 Å². The highest BCUT2D eigenvalue weighted by Gasteiger charge is 2.34. The molecule has 3 aliphatic rings. The van der Waals surface area contributed by atoms with Crippen LogP contribution in [0.1, 0.15) is 140 Å². The molecule has 1 amide bonds. The van der Waals surface area contributed by atoms with Gasteiger partial charge in [0.1, 0.15) is 11.9 Å². The molecule has 0 aromatic heterocycles. The molecule has 3 N–H and O–H groups in total. The van der Waals surface area contributed by atoms with Gasteiger partial charge in [-0.2, -0.15) is 0 Å². The van der Waals surface area contributed by atoms with Crippen LogP contribution in [0.2, 0.25) is 50.2 Å². The number of rotatable bonds is 19. The molecule has 0 saturated heterocycles. The van der Waals surface area contributed by atoms with Gasteiger partial charge in [0.25, 0.3) is 0 Å². The van der Waals surface area contributed by atoms with Gasteiger partial charge in [-0.1, -0.05) is 171 Å². The smallest absolute Gasteiger partial charge is 0.410 e. The van der Waals surface area contributed by atoms with Crippen molar-refractivity contribution in [2.24, 2.45) is 5.73 Å². The minimum atomic E-state index is -0.599. The number of amides is 1. The summed E-state index contributed by atoms with van der Waals surface area (Å²) in [4.78, 5) is 79.5. The number of esters is 3. The van der Waals surface area contributed by atoms with Gasteiger partial charge in [-0.15, -0.1) is 0 Å². The first kappa shape index (κ1) is 89.8. The van der Waals surface area contributed by atoms with Gasteiger partial charge >= 0.3 is 24.0 Å². The van der Waals surface area contributed by atoms with Gasteiger partial charge < -0.3 is 34.9 Å². The number of nitrogens with two attached hydrogens (primary N) is 1. The fourth-order valence-corrected chi connectivity index (χ4v) is 14.3. The Morgan fingerprint density at radius 2 is 0.908 bits per heavy atom. The molecule has 109 heavy (non-hydrogen) atoms. The molecule has 0 saturated carbocycles. The maximum atomic E-state index is 13.2. The van der Waals surface area contributed by atoms with Crippen LogP contribution < -0.4 is 11.1 Å². The number of carbonyl (C=O) groups excluding carboxylic acids is 6. The van der Waals surface area contributed by atoms with Gasteiger partial charge in [-0.05, 0) is 261 Å². The summed E-state index contributed by atoms with van der Waals surface area (Å²) in [6.07, 6.45) is 19.4. The Morgan fingerprint density at radius 1 is 0.505 bits per heavy atom. The van der Waals surface area contributed by atoms with Gasteiger partial charge in [0, 0.05) is 105 Å². The predicted molar refractivity (Wildman–Crippen MR) is 442 cm³/mol. The van der Waals surface area contributed by atoms with E-state index in [4.69, 9.17) is 126 Å². The number of benzene rings is 8. The van der Waals surface area contributed by atoms with E-state index in [2.05, 4.69) is 37.7 Å². The van der Waals surface area contributed by atoms with Crippen molar-refractivity contribution in [2.45, 2.75) is 96.2 Å². The number of Topliss-reactive ketones (excluding diaryl/α,β-unsaturated/α-hetero) is 1. The molecule has 3 aliphatic carbocycles. The van der Waals surface area contributed by atoms with Crippen LogP contribution in [0.15, 0.2) is 170 Å². The van der Waals surface area contributed by atoms with Crippen LogP contribution in [-0.2, 0) is 71.9 Å². The Balaban J connectivity index is 0.000000216. The van der Waals surface area contributed by atoms with Crippen molar-refractivity contribution in [3.05, 3.63) is 308 Å². The Bertz CT molecular complexity index is 4550. The minimum absolute atomic E-state index is 0.0943. The number of halogens is 10. The highest BCUT2D eigenvalue weighted by atomic mass is 35.5. The number of methoxy groups -OCH3 is 3. The Hall–Kier alpha value is -8.04. The third-order valence-corrected chi connectivity index (χ3v) is 18.5. The van der Waals surface area contributed by atoms with Crippen LogP contribution in [-0.4, -0.2) is 92.5 Å². The number of ether oxygens (including phenoxy) is 4. The average molecular weight is 1680 g/mol. The molecule has 0 spiro atoms. The van der Waals surface area contributed by atoms with Crippen molar-refractivity contribution in [3.63, 3.8) is 0 Å². The number of nitrogens with one attached hydrogen (secondary N) is 1. The highest BCUT2D eigenvalue weighted by Crippen LogP contribution is 2.39. The Labute approximate surface area is 685 Å². The number of hydrogen-bond donors (Lipinski definition) is 2. The normalized spacial score (nSPS) is 13.7. The molecule has 16 nitrogen and oxygen atoms in total. The second kappa shape index (κ2) is 45.3. The highest BCUT2D eigenvalue weighted by molar-refractivity contribution is 6.37. The number of aryl methyl sites for hydroxylation is 3. The molecule has 0 heterocycles. The van der Waals surface area contributed by atoms with Crippen molar-refractivity contribution >= 4 is 176 Å². The summed E-state index contributed by atoms with van der Waals surface area (Å²) in [5, 5.41) is 19.3. The number of carbonyl (C=O) groups is 6. The first-order valence-electron chi connectivity index (χ1n) is 34.0. The van der Waals surface area contributed by atoms with E-state index in [0.717, 1.165) is 113 Å². The quantitative estimate of drug-likeness (QED) is 0.0192. The SMILES string of the molecule is COC(=O)/C=C/c1ccc2c(c1)CCC2=O.COC(=O)/C=C/c1ccc2c(c1)CCC2N(CCc1cc(Cl)cc(Cl)c1)C(=O)OC(C)(C)C.COC(=O)/C=C/c1ccc2c(c1)CCC2NCCc1cc(Cl)cc(Cl)c1.NCCc1cc(Cl)cc(Cl)c1.O=Cc1cc(Cl)cc(Cl)c1.O=[N+]([O-])/C=C/c1cc(Cl)cc(Cl)c1. The van der Waals surface area contributed by atoms with E-state index in [1.165, 1.54) is 56.8 Å². The molecular weight excluding hydrogens is 1600 g/mol. The van der Waals surface area contributed by atoms with E-state index in [-0.39, 0.29) is 29.9 Å². The Morgan fingerprint density at radius 3 is 1.35 bits per heavy atom. The van der Waals surface area contributed by atoms with E-state index < -0.39 is 16.5 Å². The lowest BCUT2D eigenvalue weighted by molar-refractivity contribution is -0.400. The number of nitrogens with zero attached hydrogens (tertiary/aromatic N) is 2. The van der Waals surface area contributed by atoms with Crippen LogP contribution >= 0.6 is 116 Å². The lowest BCUT2D eigenvalue weighted by Gasteiger charge is -2.32. The van der Waals surface area contributed by atoms with E-state index in [1.807, 2.05) is 93.6 Å². The van der Waals surface area contributed by atoms with Gasteiger partial charge in [-0.3, -0.25) is 19.7 Å². The molecule has 0 fully saturated rings. The number of nitro groups is 1. The topological polar surface area (TPSA) is 224 Å². The van der Waals surface area contributed by atoms with Crippen molar-refractivity contribution in [2.75, 3.05) is 41.0 Å². The molecule has 8 aromatic carbocycles. The van der Waals surface area contributed by atoms with Crippen molar-refractivity contribution in [1.82, 2.24) is 10.2 Å². The van der Waals surface area contributed by atoms with Crippen molar-refractivity contribution in [3.8, 4) is 0 Å². The minimum Gasteiger partial charge on any atom is -0.466 e. The number of fused-ring (bicyclic) bond motifs is 3. The molecule has 0 bridgehead atoms. The lowest BCUT2D eigenvalue weighted by Crippen LogP contribution is -2.40. The van der Waals surface area contributed by atoms with Gasteiger partial charge in [0.2, 0.25) is 6.20 Å². The summed E-state index contributed by atoms with van der Waals surface area (Å²) < 4.78 is 19.5. The fourth-order valence-electron chi connectivity index (χ4n) is 11.5. The second-order valence-corrected chi connectivity index (χ2v) is 30.0. The number of aldehydes is 1. The van der Waals surface area contributed by atoms with Gasteiger partial charge in [-0.25, -0.2) is 19.2 Å². The molecule has 574 valence electrons. The summed E-state index contributed by atoms with van der Waals surface area (Å²) in [7, 11) is 4.07. The third kappa shape index (κ3) is 32.1. The lowest BCUT2D eigenvalue weighted by atomic mass is 10.0. The van der Waals surface area contributed by atoms with Crippen LogP contribution in [0.3, 0.4) is 0 Å². The maximum Gasteiger partial charge on any atom is 0.410 e. The molecule has 0 aliphatic heterocycles. The second-order valence-electron chi connectivity index (χ2n) is 25.6. The fraction of sp³-hybridized carbons (Fsp3) is 0.253. The number of hydrogen-bond acceptors (Lipinski definition) is 14. The molecular formula is C83H80Cl10N4O12. The van der Waals surface area contributed by atoms with Crippen LogP contribution in [0.5, 0.6) is 0 Å². The molecule has 2 atom stereocenters. The first-order chi connectivity index (χ1) is 51.8. The largest absolute Gasteiger partial charge is 0.466 e. The van der Waals surface area contributed by atoms with Gasteiger partial charge in [0.05, 0.1) is 32.3 Å². The van der Waals surface area contributed by atoms with Crippen LogP contribution in [0, 0.1) is 10.1 Å². The molecule has 26 heteroatoms. The van der Waals surface area contributed by atoms with E-state index in [0.29, 0.717) is 99.6 Å². The first-order valence-corrected chi connectivity index (χ1v) is 37.8. The predicted octanol–water partition coefficient (Wildman–Crippen LogP) is 22.2. The summed E-state index contributed by atoms with van der Waals surface area (Å²) in [6, 6.07) is 44.2. The summed E-state index contributed by atoms with van der Waals surface area (Å²) >= 11 is 58.5.